The van der Waals surface area contributed by atoms with Crippen LogP contribution in [0.2, 0.25) is 0 Å². The van der Waals surface area contributed by atoms with Crippen LogP contribution in [-0.2, 0) is 17.7 Å². The quantitative estimate of drug-likeness (QED) is 0.377. The Morgan fingerprint density at radius 2 is 1.95 bits per heavy atom. The molecule has 2 heterocycles. The highest BCUT2D eigenvalue weighted by molar-refractivity contribution is 5.98. The van der Waals surface area contributed by atoms with Crippen LogP contribution in [0.4, 0.5) is 4.39 Å². The molecule has 10 nitrogen and oxygen atoms in total. The van der Waals surface area contributed by atoms with E-state index in [1.165, 1.54) is 30.1 Å². The summed E-state index contributed by atoms with van der Waals surface area (Å²) < 4.78 is 19.7. The van der Waals surface area contributed by atoms with Crippen LogP contribution in [0.3, 0.4) is 0 Å². The first kappa shape index (κ1) is 25.0. The van der Waals surface area contributed by atoms with Gasteiger partial charge in [0.2, 0.25) is 0 Å². The van der Waals surface area contributed by atoms with Crippen LogP contribution in [0.5, 0.6) is 0 Å². The van der Waals surface area contributed by atoms with Gasteiger partial charge < -0.3 is 15.4 Å². The number of benzene rings is 2. The summed E-state index contributed by atoms with van der Waals surface area (Å²) in [5.74, 6) is -1.57. The zero-order chi connectivity index (χ0) is 27.0. The molecule has 1 aliphatic rings. The molecule has 11 heteroatoms. The molecule has 0 bridgehead atoms. The molecule has 0 radical (unpaired) electrons. The zero-order valence-electron chi connectivity index (χ0n) is 21.0. The minimum Gasteiger partial charge on any atom is -0.465 e. The summed E-state index contributed by atoms with van der Waals surface area (Å²) in [6, 6.07) is 9.21. The Morgan fingerprint density at radius 3 is 2.71 bits per heavy atom. The van der Waals surface area contributed by atoms with Crippen molar-refractivity contribution in [2.45, 2.75) is 39.3 Å². The number of methoxy groups -OCH3 is 1. The predicted molar refractivity (Wildman–Crippen MR) is 134 cm³/mol. The number of halogens is 1. The number of rotatable bonds is 6. The lowest BCUT2D eigenvalue weighted by atomic mass is 9.98. The maximum atomic E-state index is 13.6. The third-order valence-electron chi connectivity index (χ3n) is 6.80. The lowest BCUT2D eigenvalue weighted by molar-refractivity contribution is 0.0599. The Kier molecular flexibility index (Phi) is 6.58. The topological polar surface area (TPSA) is 128 Å². The summed E-state index contributed by atoms with van der Waals surface area (Å²) >= 11 is 0. The molecule has 38 heavy (non-hydrogen) atoms. The number of nitrogens with one attached hydrogen (secondary N) is 2. The van der Waals surface area contributed by atoms with E-state index in [0.29, 0.717) is 24.0 Å². The molecule has 2 N–H and O–H groups in total. The van der Waals surface area contributed by atoms with Gasteiger partial charge >= 0.3 is 5.97 Å². The van der Waals surface area contributed by atoms with Crippen LogP contribution in [0, 0.1) is 19.7 Å². The van der Waals surface area contributed by atoms with E-state index in [-0.39, 0.29) is 35.6 Å². The summed E-state index contributed by atoms with van der Waals surface area (Å²) in [4.78, 5) is 46.7. The van der Waals surface area contributed by atoms with Crippen molar-refractivity contribution in [2.24, 2.45) is 0 Å². The Labute approximate surface area is 217 Å². The van der Waals surface area contributed by atoms with Crippen LogP contribution in [0.15, 0.2) is 42.7 Å². The average molecular weight is 517 g/mol. The normalized spacial score (nSPS) is 14.3. The molecule has 1 aliphatic carbocycles. The monoisotopic (exact) mass is 516 g/mol. The van der Waals surface area contributed by atoms with Crippen molar-refractivity contribution in [1.29, 1.82) is 0 Å². The first-order valence-corrected chi connectivity index (χ1v) is 12.0. The largest absolute Gasteiger partial charge is 0.465 e. The molecule has 2 aromatic carbocycles. The zero-order valence-corrected chi connectivity index (χ0v) is 21.0. The number of carbonyl (C=O) groups is 3. The highest BCUT2D eigenvalue weighted by atomic mass is 19.1. The number of nitrogens with zero attached hydrogens (tertiary/aromatic N) is 4. The fraction of sp³-hybridized carbons (Fsp3) is 0.259. The van der Waals surface area contributed by atoms with E-state index in [9.17, 15) is 18.8 Å². The molecule has 2 amide bonds. The van der Waals surface area contributed by atoms with E-state index >= 15 is 0 Å². The fourth-order valence-electron chi connectivity index (χ4n) is 4.77. The third-order valence-corrected chi connectivity index (χ3v) is 6.80. The minimum absolute atomic E-state index is 0.0182. The molecule has 5 rings (SSSR count). The predicted octanol–water partition coefficient (Wildman–Crippen LogP) is 3.01. The number of aromatic nitrogens is 4. The Balaban J connectivity index is 1.36. The molecule has 0 aliphatic heterocycles. The summed E-state index contributed by atoms with van der Waals surface area (Å²) in [5.41, 5.74) is 4.59. The SMILES string of the molecule is COC(=O)c1ccc2c(c1C)CC[C@@H]2NC(=O)c1cc(C(=O)NCc2ccc(F)c(C)c2)n2ncnc2n1. The number of hydrogen-bond donors (Lipinski definition) is 2. The average Bonchev–Trinajstić information content (AvgIpc) is 3.56. The molecule has 194 valence electrons. The van der Waals surface area contributed by atoms with E-state index in [1.54, 1.807) is 25.1 Å². The molecule has 4 aromatic rings. The highest BCUT2D eigenvalue weighted by Gasteiger charge is 2.29. The van der Waals surface area contributed by atoms with E-state index in [1.807, 2.05) is 13.0 Å². The second-order valence-electron chi connectivity index (χ2n) is 9.13. The molecule has 0 spiro atoms. The number of hydrogen-bond acceptors (Lipinski definition) is 7. The second kappa shape index (κ2) is 10.0. The van der Waals surface area contributed by atoms with Gasteiger partial charge in [-0.2, -0.15) is 14.6 Å². The van der Waals surface area contributed by atoms with Crippen LogP contribution < -0.4 is 10.6 Å². The lowest BCUT2D eigenvalue weighted by Gasteiger charge is -2.16. The van der Waals surface area contributed by atoms with Gasteiger partial charge in [0, 0.05) is 12.6 Å². The van der Waals surface area contributed by atoms with Gasteiger partial charge in [-0.1, -0.05) is 18.2 Å². The first-order chi connectivity index (χ1) is 18.3. The third kappa shape index (κ3) is 4.58. The van der Waals surface area contributed by atoms with Crippen molar-refractivity contribution in [2.75, 3.05) is 7.11 Å². The number of esters is 1. The van der Waals surface area contributed by atoms with Crippen LogP contribution >= 0.6 is 0 Å². The van der Waals surface area contributed by atoms with E-state index in [2.05, 4.69) is 25.7 Å². The standard InChI is InChI=1S/C27H25FN6O4/c1-14-10-16(4-8-20(14)28)12-29-25(36)23-11-22(33-27-30-13-31-34(23)27)24(35)32-21-9-7-17-15(2)18(26(37)38-3)5-6-19(17)21/h4-6,8,10-11,13,21H,7,9,12H2,1-3H3,(H,29,36)(H,32,35)/t21-/m0/s1. The smallest absolute Gasteiger partial charge is 0.338 e. The second-order valence-corrected chi connectivity index (χ2v) is 9.13. The maximum absolute atomic E-state index is 13.6. The van der Waals surface area contributed by atoms with Crippen LogP contribution in [0.25, 0.3) is 5.78 Å². The van der Waals surface area contributed by atoms with Crippen LogP contribution in [0.1, 0.15) is 71.6 Å². The van der Waals surface area contributed by atoms with Crippen molar-refractivity contribution in [3.63, 3.8) is 0 Å². The summed E-state index contributed by atoms with van der Waals surface area (Å²) in [7, 11) is 1.34. The van der Waals surface area contributed by atoms with Crippen molar-refractivity contribution in [1.82, 2.24) is 30.2 Å². The highest BCUT2D eigenvalue weighted by Crippen LogP contribution is 2.35. The maximum Gasteiger partial charge on any atom is 0.338 e. The molecule has 0 saturated heterocycles. The minimum atomic E-state index is -0.490. The van der Waals surface area contributed by atoms with Gasteiger partial charge in [0.15, 0.2) is 0 Å². The number of aryl methyl sites for hydroxylation is 1. The van der Waals surface area contributed by atoms with E-state index in [0.717, 1.165) is 22.3 Å². The Bertz CT molecular complexity index is 1600. The van der Waals surface area contributed by atoms with Gasteiger partial charge in [-0.3, -0.25) is 9.59 Å². The van der Waals surface area contributed by atoms with Crippen LogP contribution in [-0.4, -0.2) is 44.5 Å². The number of ether oxygens (including phenoxy) is 1. The number of amides is 2. The van der Waals surface area contributed by atoms with Gasteiger partial charge in [0.1, 0.15) is 23.5 Å². The summed E-state index contributed by atoms with van der Waals surface area (Å²) in [6.45, 7) is 3.68. The van der Waals surface area contributed by atoms with E-state index < -0.39 is 17.8 Å². The van der Waals surface area contributed by atoms with Crippen molar-refractivity contribution in [3.05, 3.63) is 93.3 Å². The van der Waals surface area contributed by atoms with Gasteiger partial charge in [-0.25, -0.2) is 14.2 Å². The molecule has 0 saturated carbocycles. The fourth-order valence-corrected chi connectivity index (χ4v) is 4.77. The first-order valence-electron chi connectivity index (χ1n) is 12.0. The van der Waals surface area contributed by atoms with E-state index in [4.69, 9.17) is 4.74 Å². The molecular weight excluding hydrogens is 491 g/mol. The Morgan fingerprint density at radius 1 is 1.13 bits per heavy atom. The summed E-state index contributed by atoms with van der Waals surface area (Å²) in [5, 5.41) is 9.82. The van der Waals surface area contributed by atoms with Crippen molar-refractivity contribution in [3.8, 4) is 0 Å². The molecule has 0 unspecified atom stereocenters. The number of carbonyl (C=O) groups excluding carboxylic acids is 3. The summed E-state index contributed by atoms with van der Waals surface area (Å²) in [6.07, 6.45) is 2.60. The van der Waals surface area contributed by atoms with Crippen molar-refractivity contribution >= 4 is 23.6 Å². The Hall–Kier alpha value is -4.67. The number of fused-ring (bicyclic) bond motifs is 2. The van der Waals surface area contributed by atoms with Gasteiger partial charge in [-0.15, -0.1) is 0 Å². The lowest BCUT2D eigenvalue weighted by Crippen LogP contribution is -2.30. The molecule has 1 atom stereocenters. The van der Waals surface area contributed by atoms with Gasteiger partial charge in [-0.05, 0) is 66.6 Å². The molecule has 0 fully saturated rings. The molecule has 2 aromatic heterocycles. The van der Waals surface area contributed by atoms with Crippen molar-refractivity contribution < 1.29 is 23.5 Å². The van der Waals surface area contributed by atoms with Gasteiger partial charge in [0.25, 0.3) is 17.6 Å². The molecular formula is C27H25FN6O4. The van der Waals surface area contributed by atoms with Gasteiger partial charge in [0.05, 0.1) is 18.7 Å².